The highest BCUT2D eigenvalue weighted by Gasteiger charge is 2.25. The highest BCUT2D eigenvalue weighted by Crippen LogP contribution is 2.13. The second-order valence-corrected chi connectivity index (χ2v) is 3.78. The summed E-state index contributed by atoms with van der Waals surface area (Å²) in [6.45, 7) is 3.50. The molecule has 1 unspecified atom stereocenters. The fraction of sp³-hybridized carbons (Fsp3) is 0.900. The van der Waals surface area contributed by atoms with Gasteiger partial charge in [0.2, 0.25) is 5.91 Å². The Morgan fingerprint density at radius 2 is 2.14 bits per heavy atom. The average molecular weight is 200 g/mol. The third-order valence-corrected chi connectivity index (χ3v) is 2.84. The Morgan fingerprint density at radius 1 is 1.57 bits per heavy atom. The van der Waals surface area contributed by atoms with Crippen molar-refractivity contribution < 1.29 is 9.53 Å². The van der Waals surface area contributed by atoms with Crippen LogP contribution in [0.15, 0.2) is 0 Å². The van der Waals surface area contributed by atoms with Crippen LogP contribution in [0.2, 0.25) is 0 Å². The minimum Gasteiger partial charge on any atom is -0.381 e. The maximum Gasteiger partial charge on any atom is 0.239 e. The van der Waals surface area contributed by atoms with Gasteiger partial charge in [-0.25, -0.2) is 0 Å². The second kappa shape index (κ2) is 5.32. The van der Waals surface area contributed by atoms with Crippen molar-refractivity contribution in [3.63, 3.8) is 0 Å². The van der Waals surface area contributed by atoms with Gasteiger partial charge in [-0.2, -0.15) is 0 Å². The van der Waals surface area contributed by atoms with Crippen molar-refractivity contribution >= 4 is 5.91 Å². The summed E-state index contributed by atoms with van der Waals surface area (Å²) in [6, 6.07) is -0.325. The first kappa shape index (κ1) is 11.5. The lowest BCUT2D eigenvalue weighted by Gasteiger charge is -2.32. The lowest BCUT2D eigenvalue weighted by Crippen LogP contribution is -2.47. The molecule has 2 N–H and O–H groups in total. The third-order valence-electron chi connectivity index (χ3n) is 2.84. The minimum absolute atomic E-state index is 0.0852. The molecule has 0 spiro atoms. The van der Waals surface area contributed by atoms with Gasteiger partial charge in [0.05, 0.1) is 12.1 Å². The third kappa shape index (κ3) is 2.69. The molecule has 82 valence electrons. The predicted octanol–water partition coefficient (Wildman–Crippen LogP) is 0.361. The first-order chi connectivity index (χ1) is 6.69. The molecule has 1 aliphatic heterocycles. The number of amides is 1. The molecule has 1 amide bonds. The number of piperidine rings is 1. The standard InChI is InChI=1S/C10H20N2O2/c1-3-9(11)10(13)12-6-4-8(14-2)5-7-12/h8-9H,3-7,11H2,1-2H3. The molecular weight excluding hydrogens is 180 g/mol. The zero-order chi connectivity index (χ0) is 10.6. The minimum atomic E-state index is -0.325. The van der Waals surface area contributed by atoms with E-state index in [1.54, 1.807) is 7.11 Å². The van der Waals surface area contributed by atoms with Crippen molar-refractivity contribution in [2.75, 3.05) is 20.2 Å². The number of rotatable bonds is 3. The summed E-state index contributed by atoms with van der Waals surface area (Å²) in [5.41, 5.74) is 5.69. The predicted molar refractivity (Wildman–Crippen MR) is 54.9 cm³/mol. The smallest absolute Gasteiger partial charge is 0.239 e. The van der Waals surface area contributed by atoms with Crippen molar-refractivity contribution in [3.05, 3.63) is 0 Å². The summed E-state index contributed by atoms with van der Waals surface area (Å²) in [5.74, 6) is 0.0852. The number of carbonyl (C=O) groups excluding carboxylic acids is 1. The SMILES string of the molecule is CCC(N)C(=O)N1CCC(OC)CC1. The fourth-order valence-electron chi connectivity index (χ4n) is 1.72. The number of methoxy groups -OCH3 is 1. The maximum atomic E-state index is 11.7. The van der Waals surface area contributed by atoms with Crippen LogP contribution < -0.4 is 5.73 Å². The molecule has 0 aromatic heterocycles. The number of hydrogen-bond donors (Lipinski definition) is 1. The molecule has 1 heterocycles. The Kier molecular flexibility index (Phi) is 4.35. The van der Waals surface area contributed by atoms with Crippen LogP contribution in [-0.2, 0) is 9.53 Å². The van der Waals surface area contributed by atoms with Crippen LogP contribution in [0.5, 0.6) is 0 Å². The van der Waals surface area contributed by atoms with Crippen LogP contribution in [0, 0.1) is 0 Å². The zero-order valence-corrected chi connectivity index (χ0v) is 9.03. The molecule has 0 radical (unpaired) electrons. The van der Waals surface area contributed by atoms with E-state index in [9.17, 15) is 4.79 Å². The highest BCUT2D eigenvalue weighted by atomic mass is 16.5. The molecule has 0 aliphatic carbocycles. The Hall–Kier alpha value is -0.610. The summed E-state index contributed by atoms with van der Waals surface area (Å²) in [6.07, 6.45) is 2.89. The quantitative estimate of drug-likeness (QED) is 0.715. The van der Waals surface area contributed by atoms with E-state index in [0.29, 0.717) is 12.5 Å². The number of ether oxygens (including phenoxy) is 1. The Balaban J connectivity index is 2.37. The zero-order valence-electron chi connectivity index (χ0n) is 9.03. The van der Waals surface area contributed by atoms with Gasteiger partial charge in [0.1, 0.15) is 0 Å². The molecule has 4 heteroatoms. The molecule has 0 bridgehead atoms. The second-order valence-electron chi connectivity index (χ2n) is 3.78. The number of carbonyl (C=O) groups is 1. The van der Waals surface area contributed by atoms with E-state index in [0.717, 1.165) is 25.9 Å². The van der Waals surface area contributed by atoms with Crippen LogP contribution in [-0.4, -0.2) is 43.2 Å². The van der Waals surface area contributed by atoms with Crippen molar-refractivity contribution in [2.45, 2.75) is 38.3 Å². The molecule has 0 saturated carbocycles. The van der Waals surface area contributed by atoms with Crippen LogP contribution in [0.1, 0.15) is 26.2 Å². The van der Waals surface area contributed by atoms with E-state index >= 15 is 0 Å². The van der Waals surface area contributed by atoms with Gasteiger partial charge in [-0.15, -0.1) is 0 Å². The van der Waals surface area contributed by atoms with Gasteiger partial charge in [-0.05, 0) is 19.3 Å². The van der Waals surface area contributed by atoms with Crippen molar-refractivity contribution in [1.82, 2.24) is 4.90 Å². The fourth-order valence-corrected chi connectivity index (χ4v) is 1.72. The first-order valence-electron chi connectivity index (χ1n) is 5.26. The van der Waals surface area contributed by atoms with E-state index in [2.05, 4.69) is 0 Å². The Labute approximate surface area is 85.4 Å². The summed E-state index contributed by atoms with van der Waals surface area (Å²) in [4.78, 5) is 13.5. The monoisotopic (exact) mass is 200 g/mol. The van der Waals surface area contributed by atoms with E-state index in [4.69, 9.17) is 10.5 Å². The molecular formula is C10H20N2O2. The number of nitrogens with zero attached hydrogens (tertiary/aromatic N) is 1. The average Bonchev–Trinajstić information content (AvgIpc) is 2.27. The van der Waals surface area contributed by atoms with Crippen LogP contribution in [0.4, 0.5) is 0 Å². The van der Waals surface area contributed by atoms with E-state index in [1.165, 1.54) is 0 Å². The maximum absolute atomic E-state index is 11.7. The molecule has 1 saturated heterocycles. The first-order valence-corrected chi connectivity index (χ1v) is 5.26. The van der Waals surface area contributed by atoms with Gasteiger partial charge in [0.15, 0.2) is 0 Å². The van der Waals surface area contributed by atoms with Crippen LogP contribution in [0.3, 0.4) is 0 Å². The lowest BCUT2D eigenvalue weighted by molar-refractivity contribution is -0.134. The van der Waals surface area contributed by atoms with Gasteiger partial charge >= 0.3 is 0 Å². The molecule has 1 atom stereocenters. The van der Waals surface area contributed by atoms with Crippen molar-refractivity contribution in [1.29, 1.82) is 0 Å². The van der Waals surface area contributed by atoms with E-state index in [1.807, 2.05) is 11.8 Å². The van der Waals surface area contributed by atoms with Gasteiger partial charge in [-0.3, -0.25) is 4.79 Å². The summed E-state index contributed by atoms with van der Waals surface area (Å²) >= 11 is 0. The molecule has 0 aromatic carbocycles. The topological polar surface area (TPSA) is 55.6 Å². The van der Waals surface area contributed by atoms with Crippen molar-refractivity contribution in [2.24, 2.45) is 5.73 Å². The largest absolute Gasteiger partial charge is 0.381 e. The summed E-state index contributed by atoms with van der Waals surface area (Å²) in [7, 11) is 1.72. The van der Waals surface area contributed by atoms with Crippen molar-refractivity contribution in [3.8, 4) is 0 Å². The molecule has 0 aromatic rings. The van der Waals surface area contributed by atoms with Crippen LogP contribution >= 0.6 is 0 Å². The van der Waals surface area contributed by atoms with Gasteiger partial charge in [0, 0.05) is 20.2 Å². The molecule has 1 rings (SSSR count). The summed E-state index contributed by atoms with van der Waals surface area (Å²) < 4.78 is 5.24. The van der Waals surface area contributed by atoms with Crippen LogP contribution in [0.25, 0.3) is 0 Å². The normalized spacial score (nSPS) is 20.9. The van der Waals surface area contributed by atoms with Gasteiger partial charge in [0.25, 0.3) is 0 Å². The number of nitrogens with two attached hydrogens (primary N) is 1. The summed E-state index contributed by atoms with van der Waals surface area (Å²) in [5, 5.41) is 0. The Bertz CT molecular complexity index is 189. The molecule has 1 aliphatic rings. The number of likely N-dealkylation sites (tertiary alicyclic amines) is 1. The molecule has 4 nitrogen and oxygen atoms in total. The highest BCUT2D eigenvalue weighted by molar-refractivity contribution is 5.81. The van der Waals surface area contributed by atoms with Gasteiger partial charge in [-0.1, -0.05) is 6.92 Å². The Morgan fingerprint density at radius 3 is 2.57 bits per heavy atom. The number of hydrogen-bond acceptors (Lipinski definition) is 3. The van der Waals surface area contributed by atoms with E-state index in [-0.39, 0.29) is 11.9 Å². The van der Waals surface area contributed by atoms with E-state index < -0.39 is 0 Å². The lowest BCUT2D eigenvalue weighted by atomic mass is 10.1. The molecule has 1 fully saturated rings. The van der Waals surface area contributed by atoms with Gasteiger partial charge < -0.3 is 15.4 Å². The molecule has 14 heavy (non-hydrogen) atoms.